The molecule has 0 radical (unpaired) electrons. The molecule has 7 heteroatoms. The van der Waals surface area contributed by atoms with Gasteiger partial charge in [0.15, 0.2) is 0 Å². The van der Waals surface area contributed by atoms with E-state index < -0.39 is 5.82 Å². The summed E-state index contributed by atoms with van der Waals surface area (Å²) in [5, 5.41) is 3.49. The first kappa shape index (κ1) is 22.0. The van der Waals surface area contributed by atoms with E-state index in [2.05, 4.69) is 27.2 Å². The zero-order valence-electron chi connectivity index (χ0n) is 19.8. The average Bonchev–Trinajstić information content (AvgIpc) is 3.62. The van der Waals surface area contributed by atoms with Gasteiger partial charge in [-0.25, -0.2) is 14.2 Å². The van der Waals surface area contributed by atoms with Crippen LogP contribution in [-0.4, -0.2) is 35.7 Å². The van der Waals surface area contributed by atoms with Crippen molar-refractivity contribution in [1.29, 1.82) is 0 Å². The fourth-order valence-electron chi connectivity index (χ4n) is 5.61. The highest BCUT2D eigenvalue weighted by atomic mass is 19.1. The molecule has 1 N–H and O–H groups in total. The van der Waals surface area contributed by atoms with Crippen molar-refractivity contribution >= 4 is 11.5 Å². The standard InChI is InChI=1S/C28H28FN5O/c1-17-26(33-12-11-21-14-31-15-22(21)16-33)32-27(20-7-10-25(30-2)24(29)13-20)34(28(17)35)23-8-5-19(6-9-23)18-3-4-18/h5-10,13,18,21-22,31H,3-4,11-12,14-16H2,1H3. The first-order valence-corrected chi connectivity index (χ1v) is 12.4. The van der Waals surface area contributed by atoms with Crippen LogP contribution in [0, 0.1) is 31.1 Å². The Hall–Kier alpha value is -3.50. The SMILES string of the molecule is [C-]#[N+]c1ccc(-c2nc(N3CCC4CNCC4C3)c(C)c(=O)n2-c2ccc(C3CC3)cc2)cc1F. The van der Waals surface area contributed by atoms with Gasteiger partial charge < -0.3 is 10.2 Å². The Morgan fingerprint density at radius 2 is 1.86 bits per heavy atom. The van der Waals surface area contributed by atoms with Gasteiger partial charge in [-0.3, -0.25) is 9.36 Å². The Bertz CT molecular complexity index is 1390. The molecule has 6 rings (SSSR count). The lowest BCUT2D eigenvalue weighted by Gasteiger charge is -2.36. The van der Waals surface area contributed by atoms with Crippen LogP contribution in [0.1, 0.15) is 36.3 Å². The molecular weight excluding hydrogens is 441 g/mol. The summed E-state index contributed by atoms with van der Waals surface area (Å²) in [5.74, 6) is 2.30. The van der Waals surface area contributed by atoms with Gasteiger partial charge in [-0.1, -0.05) is 24.3 Å². The number of rotatable bonds is 4. The van der Waals surface area contributed by atoms with Crippen LogP contribution in [0.25, 0.3) is 21.9 Å². The van der Waals surface area contributed by atoms with Crippen LogP contribution in [-0.2, 0) is 0 Å². The topological polar surface area (TPSA) is 54.5 Å². The molecule has 35 heavy (non-hydrogen) atoms. The van der Waals surface area contributed by atoms with E-state index in [1.54, 1.807) is 10.6 Å². The minimum atomic E-state index is -0.609. The molecule has 6 nitrogen and oxygen atoms in total. The van der Waals surface area contributed by atoms with E-state index in [0.29, 0.717) is 46.2 Å². The van der Waals surface area contributed by atoms with E-state index in [1.807, 2.05) is 19.1 Å². The lowest BCUT2D eigenvalue weighted by Crippen LogP contribution is -2.42. The molecule has 178 valence electrons. The molecule has 2 aliphatic heterocycles. The Labute approximate surface area is 204 Å². The molecule has 3 aromatic rings. The maximum Gasteiger partial charge on any atom is 0.263 e. The highest BCUT2D eigenvalue weighted by Crippen LogP contribution is 2.40. The number of halogens is 1. The van der Waals surface area contributed by atoms with Gasteiger partial charge in [-0.05, 0) is 80.8 Å². The lowest BCUT2D eigenvalue weighted by atomic mass is 9.88. The molecule has 1 aliphatic carbocycles. The molecular formula is C28H28FN5O. The van der Waals surface area contributed by atoms with Crippen molar-refractivity contribution in [3.63, 3.8) is 0 Å². The second kappa shape index (κ2) is 8.62. The predicted octanol–water partition coefficient (Wildman–Crippen LogP) is 4.82. The summed E-state index contributed by atoms with van der Waals surface area (Å²) >= 11 is 0. The third-order valence-electron chi connectivity index (χ3n) is 7.81. The summed E-state index contributed by atoms with van der Waals surface area (Å²) in [5.41, 5.74) is 2.89. The third-order valence-corrected chi connectivity index (χ3v) is 7.81. The van der Waals surface area contributed by atoms with Crippen molar-refractivity contribution in [1.82, 2.24) is 14.9 Å². The normalized spacial score (nSPS) is 21.6. The molecule has 3 heterocycles. The van der Waals surface area contributed by atoms with Crippen LogP contribution in [0.5, 0.6) is 0 Å². The molecule has 3 aliphatic rings. The molecule has 0 amide bonds. The number of nitrogens with zero attached hydrogens (tertiary/aromatic N) is 4. The van der Waals surface area contributed by atoms with Crippen LogP contribution in [0.15, 0.2) is 47.3 Å². The fraction of sp³-hybridized carbons (Fsp3) is 0.393. The first-order chi connectivity index (χ1) is 17.0. The largest absolute Gasteiger partial charge is 0.356 e. The summed E-state index contributed by atoms with van der Waals surface area (Å²) in [6, 6.07) is 12.5. The van der Waals surface area contributed by atoms with Gasteiger partial charge in [0.05, 0.1) is 17.8 Å². The molecule has 3 fully saturated rings. The van der Waals surface area contributed by atoms with Gasteiger partial charge in [0.1, 0.15) is 17.5 Å². The van der Waals surface area contributed by atoms with Crippen molar-refractivity contribution < 1.29 is 4.39 Å². The minimum Gasteiger partial charge on any atom is -0.356 e. The predicted molar refractivity (Wildman–Crippen MR) is 135 cm³/mol. The summed E-state index contributed by atoms with van der Waals surface area (Å²) in [4.78, 5) is 24.3. The second-order valence-corrected chi connectivity index (χ2v) is 10.1. The van der Waals surface area contributed by atoms with Crippen molar-refractivity contribution in [3.8, 4) is 17.1 Å². The van der Waals surface area contributed by atoms with Gasteiger partial charge in [0.25, 0.3) is 5.56 Å². The van der Waals surface area contributed by atoms with Gasteiger partial charge >= 0.3 is 0 Å². The second-order valence-electron chi connectivity index (χ2n) is 10.1. The van der Waals surface area contributed by atoms with Gasteiger partial charge in [0.2, 0.25) is 5.69 Å². The van der Waals surface area contributed by atoms with E-state index in [0.717, 1.165) is 32.6 Å². The van der Waals surface area contributed by atoms with Crippen LogP contribution in [0.4, 0.5) is 15.9 Å². The Morgan fingerprint density at radius 3 is 2.57 bits per heavy atom. The summed E-state index contributed by atoms with van der Waals surface area (Å²) < 4.78 is 16.2. The molecule has 0 spiro atoms. The number of nitrogens with one attached hydrogen (secondary N) is 1. The van der Waals surface area contributed by atoms with Crippen molar-refractivity contribution in [2.24, 2.45) is 11.8 Å². The fourth-order valence-corrected chi connectivity index (χ4v) is 5.61. The number of anilines is 1. The number of piperidine rings is 1. The minimum absolute atomic E-state index is 0.0421. The molecule has 2 saturated heterocycles. The quantitative estimate of drug-likeness (QED) is 0.557. The van der Waals surface area contributed by atoms with Gasteiger partial charge in [-0.2, -0.15) is 0 Å². The van der Waals surface area contributed by atoms with E-state index in [4.69, 9.17) is 11.6 Å². The van der Waals surface area contributed by atoms with E-state index in [-0.39, 0.29) is 11.2 Å². The molecule has 2 aromatic carbocycles. The van der Waals surface area contributed by atoms with Gasteiger partial charge in [0, 0.05) is 18.7 Å². The smallest absolute Gasteiger partial charge is 0.263 e. The number of aromatic nitrogens is 2. The van der Waals surface area contributed by atoms with Crippen molar-refractivity contribution in [2.75, 3.05) is 31.1 Å². The summed E-state index contributed by atoms with van der Waals surface area (Å²) in [6.45, 7) is 12.8. The number of hydrogen-bond acceptors (Lipinski definition) is 4. The molecule has 2 unspecified atom stereocenters. The average molecular weight is 470 g/mol. The third kappa shape index (κ3) is 3.92. The molecule has 2 atom stereocenters. The van der Waals surface area contributed by atoms with Crippen molar-refractivity contribution in [2.45, 2.75) is 32.1 Å². The Kier molecular flexibility index (Phi) is 5.42. The highest BCUT2D eigenvalue weighted by Gasteiger charge is 2.34. The monoisotopic (exact) mass is 469 g/mol. The summed E-state index contributed by atoms with van der Waals surface area (Å²) in [7, 11) is 0. The number of benzene rings is 2. The number of hydrogen-bond donors (Lipinski definition) is 1. The van der Waals surface area contributed by atoms with Crippen LogP contribution in [0.2, 0.25) is 0 Å². The number of fused-ring (bicyclic) bond motifs is 1. The first-order valence-electron chi connectivity index (χ1n) is 12.4. The maximum absolute atomic E-state index is 14.7. The highest BCUT2D eigenvalue weighted by molar-refractivity contribution is 5.66. The molecule has 0 bridgehead atoms. The molecule has 1 aromatic heterocycles. The Morgan fingerprint density at radius 1 is 1.09 bits per heavy atom. The molecule has 1 saturated carbocycles. The van der Waals surface area contributed by atoms with E-state index in [1.165, 1.54) is 30.5 Å². The van der Waals surface area contributed by atoms with E-state index >= 15 is 0 Å². The van der Waals surface area contributed by atoms with Crippen molar-refractivity contribution in [3.05, 3.63) is 81.2 Å². The zero-order valence-corrected chi connectivity index (χ0v) is 19.8. The van der Waals surface area contributed by atoms with Gasteiger partial charge in [-0.15, -0.1) is 0 Å². The van der Waals surface area contributed by atoms with Crippen LogP contribution < -0.4 is 15.8 Å². The van der Waals surface area contributed by atoms with Crippen LogP contribution in [0.3, 0.4) is 0 Å². The maximum atomic E-state index is 14.7. The summed E-state index contributed by atoms with van der Waals surface area (Å²) in [6.07, 6.45) is 3.48. The van der Waals surface area contributed by atoms with Crippen LogP contribution >= 0.6 is 0 Å². The lowest BCUT2D eigenvalue weighted by molar-refractivity contribution is 0.347. The van der Waals surface area contributed by atoms with E-state index in [9.17, 15) is 9.18 Å². The zero-order chi connectivity index (χ0) is 24.1. The Balaban J connectivity index is 1.49.